The van der Waals surface area contributed by atoms with Crippen molar-refractivity contribution in [3.8, 4) is 11.5 Å². The smallest absolute Gasteiger partial charge is 0.410 e. The molecular weight excluding hydrogens is 853 g/mol. The molecule has 348 valence electrons. The van der Waals surface area contributed by atoms with Crippen molar-refractivity contribution in [2.24, 2.45) is 22.1 Å². The van der Waals surface area contributed by atoms with Gasteiger partial charge in [0.2, 0.25) is 20.0 Å². The molecule has 2 aliphatic rings. The van der Waals surface area contributed by atoms with Crippen molar-refractivity contribution in [2.75, 3.05) is 32.6 Å². The molecule has 20 heteroatoms. The van der Waals surface area contributed by atoms with Gasteiger partial charge in [0, 0.05) is 30.2 Å². The summed E-state index contributed by atoms with van der Waals surface area (Å²) in [5, 5.41) is 18.8. The normalized spacial score (nSPS) is 18.9. The molecule has 2 atom stereocenters. The van der Waals surface area contributed by atoms with Crippen molar-refractivity contribution < 1.29 is 58.3 Å². The first kappa shape index (κ1) is 53.4. The lowest BCUT2D eigenvalue weighted by molar-refractivity contribution is 0.0118. The van der Waals surface area contributed by atoms with Gasteiger partial charge in [-0.05, 0) is 150 Å². The van der Waals surface area contributed by atoms with Crippen LogP contribution in [0.5, 0.6) is 11.5 Å². The molecule has 2 aromatic rings. The molecule has 2 aromatic carbocycles. The van der Waals surface area contributed by atoms with E-state index in [1.54, 1.807) is 17.0 Å². The van der Waals surface area contributed by atoms with Gasteiger partial charge in [0.25, 0.3) is 10.1 Å². The fraction of sp³-hybridized carbons (Fsp3) is 0.659. The molecule has 0 spiro atoms. The quantitative estimate of drug-likeness (QED) is 0.155. The van der Waals surface area contributed by atoms with Crippen LogP contribution in [0.4, 0.5) is 9.59 Å². The molecule has 2 aliphatic heterocycles. The first-order valence-corrected chi connectivity index (χ1v) is 24.9. The van der Waals surface area contributed by atoms with E-state index < -0.39 is 41.4 Å². The number of phenols is 1. The summed E-state index contributed by atoms with van der Waals surface area (Å²) in [6, 6.07) is 11.4. The predicted octanol–water partition coefficient (Wildman–Crippen LogP) is 6.35. The van der Waals surface area contributed by atoms with E-state index in [0.29, 0.717) is 43.7 Å². The SMILES string of the molecule is CC(C)(C)OC(=O)N1CC(CCCOS(C)(=O)=O)CC1(C)C.CC(C)(C)OC(=O)N1CC(CCCOc2cccc(S(N)(=O)=O)c2)CC1(C)C.NS(=O)(=O)c1cccc(O)c1. The van der Waals surface area contributed by atoms with Gasteiger partial charge in [0.05, 0.1) is 29.3 Å². The maximum Gasteiger partial charge on any atom is 0.410 e. The topological polar surface area (TPSA) is 252 Å². The van der Waals surface area contributed by atoms with Crippen LogP contribution in [0, 0.1) is 11.8 Å². The molecule has 2 heterocycles. The van der Waals surface area contributed by atoms with Gasteiger partial charge < -0.3 is 29.1 Å². The number of nitrogens with two attached hydrogens (primary N) is 2. The van der Waals surface area contributed by atoms with Crippen LogP contribution >= 0.6 is 0 Å². The van der Waals surface area contributed by atoms with E-state index in [9.17, 15) is 34.8 Å². The molecule has 0 aromatic heterocycles. The highest BCUT2D eigenvalue weighted by Crippen LogP contribution is 2.37. The van der Waals surface area contributed by atoms with Crippen LogP contribution in [0.15, 0.2) is 58.3 Å². The van der Waals surface area contributed by atoms with E-state index >= 15 is 0 Å². The number of carbonyl (C=O) groups excluding carboxylic acids is 2. The fourth-order valence-electron chi connectivity index (χ4n) is 6.98. The van der Waals surface area contributed by atoms with E-state index in [2.05, 4.69) is 13.8 Å². The monoisotopic (exact) mass is 920 g/mol. The molecule has 2 unspecified atom stereocenters. The fourth-order valence-corrected chi connectivity index (χ4v) is 8.51. The predicted molar refractivity (Wildman–Crippen MR) is 232 cm³/mol. The second kappa shape index (κ2) is 21.1. The Kier molecular flexibility index (Phi) is 18.5. The third-order valence-corrected chi connectivity index (χ3v) is 11.9. The van der Waals surface area contributed by atoms with Gasteiger partial charge in [-0.1, -0.05) is 12.1 Å². The summed E-state index contributed by atoms with van der Waals surface area (Å²) < 4.78 is 87.3. The van der Waals surface area contributed by atoms with E-state index in [1.165, 1.54) is 30.3 Å². The summed E-state index contributed by atoms with van der Waals surface area (Å²) in [5.74, 6) is 1.08. The minimum absolute atomic E-state index is 0.0375. The summed E-state index contributed by atoms with van der Waals surface area (Å²) >= 11 is 0. The molecule has 0 bridgehead atoms. The Morgan fingerprint density at radius 1 is 0.705 bits per heavy atom. The summed E-state index contributed by atoms with van der Waals surface area (Å²) in [7, 11) is -10.8. The van der Waals surface area contributed by atoms with Crippen molar-refractivity contribution in [2.45, 2.75) is 140 Å². The zero-order valence-electron chi connectivity index (χ0n) is 37.5. The number of hydrogen-bond donors (Lipinski definition) is 3. The van der Waals surface area contributed by atoms with Crippen LogP contribution < -0.4 is 15.0 Å². The molecule has 61 heavy (non-hydrogen) atoms. The van der Waals surface area contributed by atoms with Gasteiger partial charge in [0.15, 0.2) is 0 Å². The van der Waals surface area contributed by atoms with Crippen LogP contribution in [-0.2, 0) is 43.8 Å². The lowest BCUT2D eigenvalue weighted by Gasteiger charge is -2.33. The number of hydrogen-bond acceptors (Lipinski definition) is 13. The summed E-state index contributed by atoms with van der Waals surface area (Å²) in [6.07, 6.45) is 5.51. The Morgan fingerprint density at radius 3 is 1.49 bits per heavy atom. The Balaban J connectivity index is 0.000000344. The maximum absolute atomic E-state index is 12.5. The van der Waals surface area contributed by atoms with Crippen LogP contribution in [0.3, 0.4) is 0 Å². The van der Waals surface area contributed by atoms with Crippen LogP contribution in [0.2, 0.25) is 0 Å². The Hall–Kier alpha value is -3.69. The molecule has 0 radical (unpaired) electrons. The number of ether oxygens (including phenoxy) is 3. The first-order valence-electron chi connectivity index (χ1n) is 20.0. The molecular formula is C41H68N4O13S3. The lowest BCUT2D eigenvalue weighted by atomic mass is 9.93. The van der Waals surface area contributed by atoms with Gasteiger partial charge in [-0.15, -0.1) is 0 Å². The number of nitrogens with zero attached hydrogens (tertiary/aromatic N) is 2. The average molecular weight is 921 g/mol. The van der Waals surface area contributed by atoms with Crippen LogP contribution in [0.25, 0.3) is 0 Å². The highest BCUT2D eigenvalue weighted by molar-refractivity contribution is 7.89. The summed E-state index contributed by atoms with van der Waals surface area (Å²) in [6.45, 7) is 21.3. The van der Waals surface area contributed by atoms with Crippen LogP contribution in [-0.4, -0.2) is 107 Å². The number of aromatic hydroxyl groups is 1. The van der Waals surface area contributed by atoms with Crippen molar-refractivity contribution in [3.05, 3.63) is 48.5 Å². The second-order valence-electron chi connectivity index (χ2n) is 18.7. The number of sulfonamides is 2. The molecule has 0 aliphatic carbocycles. The number of rotatable bonds is 12. The molecule has 2 saturated heterocycles. The van der Waals surface area contributed by atoms with Gasteiger partial charge in [0.1, 0.15) is 22.7 Å². The number of carbonyl (C=O) groups is 2. The largest absolute Gasteiger partial charge is 0.508 e. The van der Waals surface area contributed by atoms with E-state index in [0.717, 1.165) is 44.4 Å². The minimum Gasteiger partial charge on any atom is -0.508 e. The molecule has 17 nitrogen and oxygen atoms in total. The average Bonchev–Trinajstić information content (AvgIpc) is 3.56. The van der Waals surface area contributed by atoms with Gasteiger partial charge in [-0.3, -0.25) is 4.18 Å². The standard InChI is InChI=1S/C20H32N2O5S.C15H29NO5S.C6H7NO3S/c1-19(2,3)27-18(23)22-14-15(13-20(22,4)5)8-7-11-26-16-9-6-10-17(12-16)28(21,24)25;1-14(2,3)21-13(17)16-11-12(10-15(16,4)5)8-7-9-20-22(6,18)19;7-11(9,10)6-3-1-2-5(8)4-6/h6,9-10,12,15H,7-8,11,13-14H2,1-5H3,(H2,21,24,25);12H,7-11H2,1-6H3;1-4,8H,(H2,7,9,10). The van der Waals surface area contributed by atoms with Crippen molar-refractivity contribution in [1.82, 2.24) is 9.80 Å². The van der Waals surface area contributed by atoms with Gasteiger partial charge >= 0.3 is 12.2 Å². The zero-order chi connectivity index (χ0) is 46.8. The van der Waals surface area contributed by atoms with E-state index in [4.69, 9.17) is 33.8 Å². The Labute approximate surface area is 363 Å². The number of amides is 2. The third-order valence-electron chi connectivity index (χ3n) is 9.51. The molecule has 0 saturated carbocycles. The maximum atomic E-state index is 12.5. The Morgan fingerprint density at radius 2 is 1.11 bits per heavy atom. The number of benzene rings is 2. The minimum atomic E-state index is -3.74. The second-order valence-corrected chi connectivity index (χ2v) is 23.4. The summed E-state index contributed by atoms with van der Waals surface area (Å²) in [4.78, 5) is 28.3. The number of likely N-dealkylation sites (tertiary alicyclic amines) is 2. The molecule has 5 N–H and O–H groups in total. The van der Waals surface area contributed by atoms with Crippen molar-refractivity contribution >= 4 is 42.4 Å². The number of primary sulfonamides is 2. The van der Waals surface area contributed by atoms with E-state index in [1.807, 2.05) is 60.3 Å². The zero-order valence-corrected chi connectivity index (χ0v) is 39.9. The highest BCUT2D eigenvalue weighted by Gasteiger charge is 2.43. The van der Waals surface area contributed by atoms with Gasteiger partial charge in [-0.25, -0.2) is 36.7 Å². The van der Waals surface area contributed by atoms with Gasteiger partial charge in [-0.2, -0.15) is 8.42 Å². The molecule has 4 rings (SSSR count). The van der Waals surface area contributed by atoms with Crippen LogP contribution in [0.1, 0.15) is 108 Å². The van der Waals surface area contributed by atoms with Crippen molar-refractivity contribution in [1.29, 1.82) is 0 Å². The summed E-state index contributed by atoms with van der Waals surface area (Å²) in [5.41, 5.74) is -1.50. The first-order chi connectivity index (χ1) is 27.6. The van der Waals surface area contributed by atoms with E-state index in [-0.39, 0.29) is 45.4 Å². The molecule has 2 fully saturated rings. The highest BCUT2D eigenvalue weighted by atomic mass is 32.2. The molecule has 2 amide bonds. The third kappa shape index (κ3) is 19.9. The number of phenolic OH excluding ortho intramolecular Hbond substituents is 1. The lowest BCUT2D eigenvalue weighted by Crippen LogP contribution is -2.45. The Bertz CT molecular complexity index is 2110. The van der Waals surface area contributed by atoms with Crippen molar-refractivity contribution in [3.63, 3.8) is 0 Å².